The molecular formula is C19H21FN2O5S. The first-order chi connectivity index (χ1) is 13.3. The quantitative estimate of drug-likeness (QED) is 0.822. The van der Waals surface area contributed by atoms with E-state index in [0.717, 1.165) is 22.0 Å². The molecule has 0 aromatic heterocycles. The topological polar surface area (TPSA) is 84.9 Å². The van der Waals surface area contributed by atoms with Crippen molar-refractivity contribution in [1.82, 2.24) is 0 Å². The van der Waals surface area contributed by atoms with Crippen LogP contribution in [0.5, 0.6) is 11.5 Å². The maximum atomic E-state index is 14.7. The molecule has 2 aromatic carbocycles. The number of anilines is 2. The van der Waals surface area contributed by atoms with E-state index in [1.165, 1.54) is 21.1 Å². The average Bonchev–Trinajstić information content (AvgIpc) is 2.66. The summed E-state index contributed by atoms with van der Waals surface area (Å²) in [6.45, 7) is 1.51. The van der Waals surface area contributed by atoms with E-state index in [1.54, 1.807) is 18.2 Å². The molecule has 0 radical (unpaired) electrons. The summed E-state index contributed by atoms with van der Waals surface area (Å²) in [5.41, 5.74) is 1.49. The number of carbonyl (C=O) groups is 1. The molecule has 0 unspecified atom stereocenters. The fourth-order valence-corrected chi connectivity index (χ4v) is 4.92. The first kappa shape index (κ1) is 19.9. The Morgan fingerprint density at radius 3 is 2.50 bits per heavy atom. The Labute approximate surface area is 163 Å². The first-order valence-electron chi connectivity index (χ1n) is 8.63. The molecule has 1 aliphatic heterocycles. The van der Waals surface area contributed by atoms with Gasteiger partial charge in [0, 0.05) is 25.6 Å². The third-order valence-electron chi connectivity index (χ3n) is 4.49. The summed E-state index contributed by atoms with van der Waals surface area (Å²) in [4.78, 5) is 11.0. The third kappa shape index (κ3) is 3.49. The maximum Gasteiger partial charge on any atom is 0.267 e. The average molecular weight is 408 g/mol. The van der Waals surface area contributed by atoms with Gasteiger partial charge in [-0.15, -0.1) is 0 Å². The summed E-state index contributed by atoms with van der Waals surface area (Å²) in [6, 6.07) is 7.26. The van der Waals surface area contributed by atoms with E-state index in [1.807, 2.05) is 0 Å². The molecule has 1 N–H and O–H groups in total. The summed E-state index contributed by atoms with van der Waals surface area (Å²) in [5.74, 6) is -1.07. The van der Waals surface area contributed by atoms with Crippen molar-refractivity contribution >= 4 is 27.3 Å². The molecule has 9 heteroatoms. The largest absolute Gasteiger partial charge is 0.493 e. The molecule has 150 valence electrons. The van der Waals surface area contributed by atoms with Crippen LogP contribution < -0.4 is 19.1 Å². The number of nitrogens with one attached hydrogen (secondary N) is 1. The van der Waals surface area contributed by atoms with Gasteiger partial charge in [-0.05, 0) is 24.5 Å². The van der Waals surface area contributed by atoms with Crippen molar-refractivity contribution < 1.29 is 27.1 Å². The van der Waals surface area contributed by atoms with Crippen molar-refractivity contribution in [2.75, 3.05) is 30.4 Å². The number of carbonyl (C=O) groups excluding carboxylic acids is 1. The lowest BCUT2D eigenvalue weighted by molar-refractivity contribution is -0.114. The molecule has 1 heterocycles. The van der Waals surface area contributed by atoms with Gasteiger partial charge in [0.15, 0.2) is 11.5 Å². The normalized spacial score (nSPS) is 13.6. The van der Waals surface area contributed by atoms with Crippen LogP contribution in [0.15, 0.2) is 35.2 Å². The van der Waals surface area contributed by atoms with Crippen LogP contribution in [-0.2, 0) is 21.2 Å². The van der Waals surface area contributed by atoms with Crippen LogP contribution in [0.3, 0.4) is 0 Å². The van der Waals surface area contributed by atoms with Crippen LogP contribution in [0.1, 0.15) is 18.9 Å². The van der Waals surface area contributed by atoms with Crippen LogP contribution in [0, 0.1) is 5.82 Å². The predicted molar refractivity (Wildman–Crippen MR) is 103 cm³/mol. The van der Waals surface area contributed by atoms with Gasteiger partial charge in [-0.2, -0.15) is 0 Å². The van der Waals surface area contributed by atoms with Crippen molar-refractivity contribution in [2.45, 2.75) is 24.7 Å². The number of fused-ring (bicyclic) bond motifs is 1. The molecule has 2 aromatic rings. The van der Waals surface area contributed by atoms with Crippen LogP contribution in [-0.4, -0.2) is 35.1 Å². The van der Waals surface area contributed by atoms with Crippen LogP contribution in [0.25, 0.3) is 0 Å². The summed E-state index contributed by atoms with van der Waals surface area (Å²) in [5, 5.41) is 2.66. The molecule has 3 rings (SSSR count). The molecule has 7 nitrogen and oxygen atoms in total. The highest BCUT2D eigenvalue weighted by molar-refractivity contribution is 7.92. The number of benzene rings is 2. The van der Waals surface area contributed by atoms with Crippen molar-refractivity contribution in [3.63, 3.8) is 0 Å². The zero-order valence-electron chi connectivity index (χ0n) is 15.8. The number of sulfonamides is 1. The number of para-hydroxylation sites is 1. The third-order valence-corrected chi connectivity index (χ3v) is 6.31. The van der Waals surface area contributed by atoms with Gasteiger partial charge in [-0.1, -0.05) is 12.1 Å². The van der Waals surface area contributed by atoms with Gasteiger partial charge in [0.25, 0.3) is 10.0 Å². The SMILES string of the molecule is COc1cc(F)c(S(=O)(=O)N2CCCc3cccc(NC(C)=O)c32)cc1OC. The number of hydrogen-bond acceptors (Lipinski definition) is 5. The molecule has 0 saturated heterocycles. The van der Waals surface area contributed by atoms with Crippen molar-refractivity contribution in [1.29, 1.82) is 0 Å². The maximum absolute atomic E-state index is 14.7. The fraction of sp³-hybridized carbons (Fsp3) is 0.316. The Morgan fingerprint density at radius 1 is 1.18 bits per heavy atom. The molecule has 0 atom stereocenters. The number of methoxy groups -OCH3 is 2. The molecule has 1 amide bonds. The number of aryl methyl sites for hydroxylation is 1. The number of amides is 1. The van der Waals surface area contributed by atoms with Crippen LogP contribution in [0.4, 0.5) is 15.8 Å². The zero-order chi connectivity index (χ0) is 20.5. The van der Waals surface area contributed by atoms with E-state index >= 15 is 0 Å². The molecular weight excluding hydrogens is 387 g/mol. The second kappa shape index (κ2) is 7.67. The highest BCUT2D eigenvalue weighted by Crippen LogP contribution is 2.40. The van der Waals surface area contributed by atoms with E-state index in [-0.39, 0.29) is 24.0 Å². The molecule has 0 fully saturated rings. The van der Waals surface area contributed by atoms with Crippen LogP contribution in [0.2, 0.25) is 0 Å². The van der Waals surface area contributed by atoms with Gasteiger partial charge >= 0.3 is 0 Å². The Balaban J connectivity index is 2.17. The van der Waals surface area contributed by atoms with Crippen molar-refractivity contribution in [3.05, 3.63) is 41.7 Å². The molecule has 0 bridgehead atoms. The fourth-order valence-electron chi connectivity index (χ4n) is 3.30. The minimum absolute atomic E-state index is 0.0944. The van der Waals surface area contributed by atoms with Crippen LogP contribution >= 0.6 is 0 Å². The van der Waals surface area contributed by atoms with Crippen molar-refractivity contribution in [3.8, 4) is 11.5 Å². The molecule has 0 saturated carbocycles. The Bertz CT molecular complexity index is 1020. The highest BCUT2D eigenvalue weighted by Gasteiger charge is 2.34. The number of ether oxygens (including phenoxy) is 2. The zero-order valence-corrected chi connectivity index (χ0v) is 16.6. The van der Waals surface area contributed by atoms with E-state index in [2.05, 4.69) is 5.32 Å². The monoisotopic (exact) mass is 408 g/mol. The van der Waals surface area contributed by atoms with E-state index in [0.29, 0.717) is 24.2 Å². The van der Waals surface area contributed by atoms with Gasteiger partial charge in [-0.25, -0.2) is 12.8 Å². The van der Waals surface area contributed by atoms with Crippen molar-refractivity contribution in [2.24, 2.45) is 0 Å². The summed E-state index contributed by atoms with van der Waals surface area (Å²) >= 11 is 0. The Morgan fingerprint density at radius 2 is 1.86 bits per heavy atom. The minimum Gasteiger partial charge on any atom is -0.493 e. The molecule has 1 aliphatic rings. The number of nitrogens with zero attached hydrogens (tertiary/aromatic N) is 1. The van der Waals surface area contributed by atoms with Gasteiger partial charge < -0.3 is 14.8 Å². The molecule has 0 aliphatic carbocycles. The lowest BCUT2D eigenvalue weighted by Crippen LogP contribution is -2.36. The molecule has 28 heavy (non-hydrogen) atoms. The lowest BCUT2D eigenvalue weighted by atomic mass is 10.0. The summed E-state index contributed by atoms with van der Waals surface area (Å²) < 4.78 is 52.7. The molecule has 0 spiro atoms. The minimum atomic E-state index is -4.25. The van der Waals surface area contributed by atoms with E-state index < -0.39 is 20.7 Å². The van der Waals surface area contributed by atoms with E-state index in [9.17, 15) is 17.6 Å². The summed E-state index contributed by atoms with van der Waals surface area (Å²) in [6.07, 6.45) is 1.23. The van der Waals surface area contributed by atoms with Gasteiger partial charge in [-0.3, -0.25) is 9.10 Å². The lowest BCUT2D eigenvalue weighted by Gasteiger charge is -2.32. The summed E-state index contributed by atoms with van der Waals surface area (Å²) in [7, 11) is -1.57. The van der Waals surface area contributed by atoms with Gasteiger partial charge in [0.05, 0.1) is 25.6 Å². The number of halogens is 1. The second-order valence-corrected chi connectivity index (χ2v) is 8.14. The standard InChI is InChI=1S/C19H21FN2O5S/c1-12(23)21-15-8-4-6-13-7-5-9-22(19(13)15)28(24,25)18-11-17(27-3)16(26-2)10-14(18)20/h4,6,8,10-11H,5,7,9H2,1-3H3,(H,21,23). The highest BCUT2D eigenvalue weighted by atomic mass is 32.2. The number of rotatable bonds is 5. The first-order valence-corrected chi connectivity index (χ1v) is 10.1. The van der Waals surface area contributed by atoms with E-state index in [4.69, 9.17) is 9.47 Å². The number of hydrogen-bond donors (Lipinski definition) is 1. The second-order valence-electron chi connectivity index (χ2n) is 6.31. The smallest absolute Gasteiger partial charge is 0.267 e. The Hall–Kier alpha value is -2.81. The van der Waals surface area contributed by atoms with Gasteiger partial charge in [0.1, 0.15) is 10.7 Å². The Kier molecular flexibility index (Phi) is 5.46. The van der Waals surface area contributed by atoms with Gasteiger partial charge in [0.2, 0.25) is 5.91 Å². The predicted octanol–water partition coefficient (Wildman–Crippen LogP) is 2.94.